The van der Waals surface area contributed by atoms with Gasteiger partial charge in [0.1, 0.15) is 0 Å². The second-order valence-corrected chi connectivity index (χ2v) is 7.01. The van der Waals surface area contributed by atoms with Crippen LogP contribution < -0.4 is 0 Å². The summed E-state index contributed by atoms with van der Waals surface area (Å²) in [5.74, 6) is 0. The van der Waals surface area contributed by atoms with Crippen LogP contribution in [0.2, 0.25) is 0 Å². The molecule has 0 aliphatic rings. The lowest BCUT2D eigenvalue weighted by Gasteiger charge is -2.07. The Morgan fingerprint density at radius 3 is 2.12 bits per heavy atom. The molecule has 5 rings (SSSR count). The van der Waals surface area contributed by atoms with Crippen molar-refractivity contribution in [1.82, 2.24) is 0 Å². The van der Waals surface area contributed by atoms with Crippen LogP contribution in [0.25, 0.3) is 42.4 Å². The molecule has 0 aliphatic carbocycles. The van der Waals surface area contributed by atoms with E-state index < -0.39 is 83.6 Å². The fourth-order valence-corrected chi connectivity index (χ4v) is 4.00. The van der Waals surface area contributed by atoms with Crippen LogP contribution in [-0.4, -0.2) is 0 Å². The van der Waals surface area contributed by atoms with Gasteiger partial charge in [0.25, 0.3) is 0 Å². The quantitative estimate of drug-likeness (QED) is 0.265. The molecule has 0 amide bonds. The molecule has 26 heavy (non-hydrogen) atoms. The highest BCUT2D eigenvalue weighted by atomic mass is 79.9. The maximum atomic E-state index is 8.82. The zero-order valence-electron chi connectivity index (χ0n) is 27.8. The molecule has 5 aromatic rings. The Balaban J connectivity index is 1.98. The van der Waals surface area contributed by atoms with Crippen LogP contribution in [-0.2, 0) is 0 Å². The van der Waals surface area contributed by atoms with E-state index in [9.17, 15) is 0 Å². The van der Waals surface area contributed by atoms with Gasteiger partial charge in [0.2, 0.25) is 0 Å². The average molecular weight is 430 g/mol. The van der Waals surface area contributed by atoms with Gasteiger partial charge in [-0.25, -0.2) is 0 Å². The Kier molecular flexibility index (Phi) is 1.63. The standard InChI is InChI=1S/C24H15BrS/c25-19-14-21(24-22(15-19)20-8-4-5-9-23(20)26-24)18-12-10-17(11-13-18)16-6-2-1-3-7-16/h1-15H/i1D,2D,3D,4D,5D,6D,7D,8D,9D,10D,11D,12D,13D,14D,15D. The number of halogens is 1. The Bertz CT molecular complexity index is 1960. The SMILES string of the molecule is [2H]c1c([2H])c([2H])c(-c2c([2H])c([2H])c(-c3c([2H])c(Br)c([2H])c4c3sc3c([2H])c([2H])c([2H])c([2H])c34)c([2H])c2[2H])c([2H])c1[2H]. The van der Waals surface area contributed by atoms with Gasteiger partial charge in [-0.3, -0.25) is 0 Å². The van der Waals surface area contributed by atoms with Crippen LogP contribution >= 0.6 is 27.3 Å². The molecule has 0 atom stereocenters. The van der Waals surface area contributed by atoms with Gasteiger partial charge in [0.15, 0.2) is 0 Å². The molecular formula is C24H15BrS. The number of thiophene rings is 1. The summed E-state index contributed by atoms with van der Waals surface area (Å²) in [5.41, 5.74) is -1.54. The number of fused-ring (bicyclic) bond motifs is 3. The molecule has 4 aromatic carbocycles. The molecule has 2 heteroatoms. The van der Waals surface area contributed by atoms with Crippen molar-refractivity contribution in [3.8, 4) is 22.3 Å². The molecule has 124 valence electrons. The summed E-state index contributed by atoms with van der Waals surface area (Å²) in [5, 5.41) is 0.0652. The minimum atomic E-state index is -0.719. The highest BCUT2D eigenvalue weighted by Gasteiger charge is 2.12. The molecular weight excluding hydrogens is 400 g/mol. The monoisotopic (exact) mass is 429 g/mol. The fraction of sp³-hybridized carbons (Fsp3) is 0. The third kappa shape index (κ3) is 2.66. The van der Waals surface area contributed by atoms with Crippen molar-refractivity contribution < 1.29 is 20.6 Å². The maximum absolute atomic E-state index is 8.82. The Morgan fingerprint density at radius 2 is 1.31 bits per heavy atom. The van der Waals surface area contributed by atoms with E-state index in [-0.39, 0.29) is 53.9 Å². The highest BCUT2D eigenvalue weighted by Crippen LogP contribution is 2.42. The summed E-state index contributed by atoms with van der Waals surface area (Å²) in [4.78, 5) is 0. The van der Waals surface area contributed by atoms with Crippen molar-refractivity contribution >= 4 is 47.4 Å². The second kappa shape index (κ2) is 6.39. The lowest BCUT2D eigenvalue weighted by molar-refractivity contribution is 1.60. The normalized spacial score (nSPS) is 19.3. The van der Waals surface area contributed by atoms with Gasteiger partial charge in [0, 0.05) is 30.2 Å². The van der Waals surface area contributed by atoms with Crippen LogP contribution in [0.4, 0.5) is 0 Å². The molecule has 0 nitrogen and oxygen atoms in total. The van der Waals surface area contributed by atoms with Crippen molar-refractivity contribution in [2.45, 2.75) is 0 Å². The molecule has 0 unspecified atom stereocenters. The third-order valence-electron chi connectivity index (χ3n) is 3.66. The minimum absolute atomic E-state index is 0.0222. The topological polar surface area (TPSA) is 0 Å². The summed E-state index contributed by atoms with van der Waals surface area (Å²) in [6, 6.07) is -8.74. The first kappa shape index (κ1) is 6.63. The third-order valence-corrected chi connectivity index (χ3v) is 5.18. The van der Waals surface area contributed by atoms with Gasteiger partial charge >= 0.3 is 0 Å². The van der Waals surface area contributed by atoms with E-state index >= 15 is 0 Å². The predicted octanol–water partition coefficient (Wildman–Crippen LogP) is 8.15. The molecule has 0 bridgehead atoms. The van der Waals surface area contributed by atoms with Gasteiger partial charge < -0.3 is 0 Å². The molecule has 0 N–H and O–H groups in total. The molecule has 0 radical (unpaired) electrons. The van der Waals surface area contributed by atoms with Crippen LogP contribution in [0.15, 0.2) is 95.1 Å². The lowest BCUT2D eigenvalue weighted by atomic mass is 9.99. The predicted molar refractivity (Wildman–Crippen MR) is 118 cm³/mol. The summed E-state index contributed by atoms with van der Waals surface area (Å²) < 4.78 is 126. The van der Waals surface area contributed by atoms with Crippen molar-refractivity contribution in [2.75, 3.05) is 0 Å². The summed E-state index contributed by atoms with van der Waals surface area (Å²) >= 11 is 4.02. The van der Waals surface area contributed by atoms with E-state index in [2.05, 4.69) is 15.9 Å². The van der Waals surface area contributed by atoms with Gasteiger partial charge in [-0.15, -0.1) is 11.3 Å². The zero-order valence-corrected chi connectivity index (χ0v) is 15.2. The number of hydrogen-bond donors (Lipinski definition) is 0. The van der Waals surface area contributed by atoms with E-state index in [4.69, 9.17) is 20.6 Å². The first-order valence-electron chi connectivity index (χ1n) is 14.8. The van der Waals surface area contributed by atoms with E-state index in [1.807, 2.05) is 0 Å². The minimum Gasteiger partial charge on any atom is -0.135 e. The molecule has 0 spiro atoms. The smallest absolute Gasteiger partial charge is 0.0642 e. The molecule has 1 aromatic heterocycles. The fourth-order valence-electron chi connectivity index (χ4n) is 2.54. The molecule has 0 saturated heterocycles. The first-order valence-corrected chi connectivity index (χ1v) is 8.96. The summed E-state index contributed by atoms with van der Waals surface area (Å²) in [6.07, 6.45) is 0. The molecule has 0 saturated carbocycles. The van der Waals surface area contributed by atoms with E-state index in [1.54, 1.807) is 0 Å². The van der Waals surface area contributed by atoms with Crippen LogP contribution in [0.1, 0.15) is 20.6 Å². The van der Waals surface area contributed by atoms with Crippen LogP contribution in [0, 0.1) is 0 Å². The average Bonchev–Trinajstić information content (AvgIpc) is 3.34. The molecule has 1 heterocycles. The Hall–Kier alpha value is -2.42. The Morgan fingerprint density at radius 1 is 0.654 bits per heavy atom. The van der Waals surface area contributed by atoms with E-state index in [0.717, 1.165) is 11.3 Å². The van der Waals surface area contributed by atoms with Crippen molar-refractivity contribution in [3.05, 3.63) is 95.1 Å². The zero-order chi connectivity index (χ0) is 30.6. The second-order valence-electron chi connectivity index (χ2n) is 5.20. The Labute approximate surface area is 185 Å². The first-order chi connectivity index (χ1) is 19.1. The summed E-state index contributed by atoms with van der Waals surface area (Å²) in [6.45, 7) is 0. The molecule has 0 aliphatic heterocycles. The van der Waals surface area contributed by atoms with Crippen molar-refractivity contribution in [3.63, 3.8) is 0 Å². The molecule has 0 fully saturated rings. The maximum Gasteiger partial charge on any atom is 0.0642 e. The highest BCUT2D eigenvalue weighted by molar-refractivity contribution is 9.10. The van der Waals surface area contributed by atoms with Gasteiger partial charge in [-0.05, 0) is 34.8 Å². The number of rotatable bonds is 2. The van der Waals surface area contributed by atoms with Crippen molar-refractivity contribution in [1.29, 1.82) is 0 Å². The van der Waals surface area contributed by atoms with E-state index in [1.165, 1.54) is 0 Å². The van der Waals surface area contributed by atoms with Gasteiger partial charge in [-0.1, -0.05) is 88.4 Å². The number of benzene rings is 4. The van der Waals surface area contributed by atoms with Crippen LogP contribution in [0.3, 0.4) is 0 Å². The van der Waals surface area contributed by atoms with Crippen LogP contribution in [0.5, 0.6) is 0 Å². The lowest BCUT2D eigenvalue weighted by Crippen LogP contribution is -1.81. The largest absolute Gasteiger partial charge is 0.135 e. The van der Waals surface area contributed by atoms with Gasteiger partial charge in [-0.2, -0.15) is 0 Å². The van der Waals surface area contributed by atoms with Crippen molar-refractivity contribution in [2.24, 2.45) is 0 Å². The summed E-state index contributed by atoms with van der Waals surface area (Å²) in [7, 11) is 0. The number of hydrogen-bond acceptors (Lipinski definition) is 1. The van der Waals surface area contributed by atoms with E-state index in [0.29, 0.717) is 0 Å². The van der Waals surface area contributed by atoms with Gasteiger partial charge in [0.05, 0.1) is 20.6 Å².